The standard InChI is InChI=1S/C25H20N6OS2/c1-13-5-6-14(2)30(13)24-28-22-19(33-24)9-17(11-26-22)21(32)18-10-20-23(27-12-18)29-25(34-20)31-15(3)7-8-16(31)4/h5-12H,1-4H3. The van der Waals surface area contributed by atoms with Crippen LogP contribution in [0.15, 0.2) is 48.8 Å². The molecule has 0 saturated carbocycles. The highest BCUT2D eigenvalue weighted by Crippen LogP contribution is 2.29. The number of hydrogen-bond acceptors (Lipinski definition) is 7. The lowest BCUT2D eigenvalue weighted by Crippen LogP contribution is -2.02. The summed E-state index contributed by atoms with van der Waals surface area (Å²) in [7, 11) is 0. The number of aryl methyl sites for hydroxylation is 4. The molecule has 7 nitrogen and oxygen atoms in total. The Morgan fingerprint density at radius 3 is 1.44 bits per heavy atom. The molecule has 0 atom stereocenters. The van der Waals surface area contributed by atoms with E-state index in [0.717, 1.165) is 42.4 Å². The molecule has 0 bridgehead atoms. The van der Waals surface area contributed by atoms with Gasteiger partial charge in [0.25, 0.3) is 0 Å². The smallest absolute Gasteiger partial charge is 0.196 e. The molecule has 0 N–H and O–H groups in total. The lowest BCUT2D eigenvalue weighted by atomic mass is 10.1. The molecule has 6 aromatic heterocycles. The molecule has 0 aliphatic carbocycles. The van der Waals surface area contributed by atoms with Crippen molar-refractivity contribution < 1.29 is 4.79 Å². The second-order valence-corrected chi connectivity index (χ2v) is 10.3. The second kappa shape index (κ2) is 7.68. The molecule has 0 amide bonds. The van der Waals surface area contributed by atoms with Gasteiger partial charge in [-0.2, -0.15) is 9.97 Å². The molecule has 0 saturated heterocycles. The average Bonchev–Trinajstić information content (AvgIpc) is 3.57. The molecule has 0 spiro atoms. The van der Waals surface area contributed by atoms with E-state index in [4.69, 9.17) is 0 Å². The van der Waals surface area contributed by atoms with Crippen LogP contribution in [0, 0.1) is 27.7 Å². The number of rotatable bonds is 4. The maximum absolute atomic E-state index is 13.3. The van der Waals surface area contributed by atoms with Crippen LogP contribution in [0.25, 0.3) is 31.0 Å². The Kier molecular flexibility index (Phi) is 4.72. The van der Waals surface area contributed by atoms with Crippen LogP contribution >= 0.6 is 22.7 Å². The summed E-state index contributed by atoms with van der Waals surface area (Å²) in [4.78, 5) is 31.6. The predicted octanol–water partition coefficient (Wildman–Crippen LogP) is 5.74. The minimum atomic E-state index is -0.115. The van der Waals surface area contributed by atoms with Gasteiger partial charge in [0.15, 0.2) is 27.3 Å². The zero-order valence-electron chi connectivity index (χ0n) is 19.0. The van der Waals surface area contributed by atoms with Crippen molar-refractivity contribution in [1.29, 1.82) is 0 Å². The van der Waals surface area contributed by atoms with E-state index in [2.05, 4.69) is 53.3 Å². The molecule has 9 heteroatoms. The van der Waals surface area contributed by atoms with E-state index in [1.54, 1.807) is 12.4 Å². The molecule has 6 rings (SSSR count). The number of fused-ring (bicyclic) bond motifs is 2. The highest BCUT2D eigenvalue weighted by atomic mass is 32.1. The van der Waals surface area contributed by atoms with Gasteiger partial charge in [-0.25, -0.2) is 9.97 Å². The van der Waals surface area contributed by atoms with E-state index in [-0.39, 0.29) is 5.78 Å². The van der Waals surface area contributed by atoms with Crippen molar-refractivity contribution >= 4 is 49.2 Å². The minimum absolute atomic E-state index is 0.115. The Morgan fingerprint density at radius 1 is 0.676 bits per heavy atom. The molecule has 34 heavy (non-hydrogen) atoms. The minimum Gasteiger partial charge on any atom is -0.295 e. The van der Waals surface area contributed by atoms with Crippen LogP contribution in [0.5, 0.6) is 0 Å². The fraction of sp³-hybridized carbons (Fsp3) is 0.160. The van der Waals surface area contributed by atoms with E-state index in [1.165, 1.54) is 22.7 Å². The average molecular weight is 485 g/mol. The Hall–Kier alpha value is -3.69. The Morgan fingerprint density at radius 2 is 1.06 bits per heavy atom. The van der Waals surface area contributed by atoms with E-state index in [9.17, 15) is 4.79 Å². The fourth-order valence-corrected chi connectivity index (χ4v) is 6.33. The van der Waals surface area contributed by atoms with E-state index < -0.39 is 0 Å². The summed E-state index contributed by atoms with van der Waals surface area (Å²) in [5.74, 6) is -0.115. The number of carbonyl (C=O) groups excluding carboxylic acids is 1. The van der Waals surface area contributed by atoms with Crippen molar-refractivity contribution in [3.05, 3.63) is 82.7 Å². The maximum atomic E-state index is 13.3. The van der Waals surface area contributed by atoms with Crippen LogP contribution in [0.4, 0.5) is 0 Å². The summed E-state index contributed by atoms with van der Waals surface area (Å²) in [5.41, 5.74) is 6.77. The number of carbonyl (C=O) groups is 1. The third kappa shape index (κ3) is 3.27. The summed E-state index contributed by atoms with van der Waals surface area (Å²) >= 11 is 3.06. The molecule has 0 aliphatic rings. The summed E-state index contributed by atoms with van der Waals surface area (Å²) in [6.07, 6.45) is 3.19. The van der Waals surface area contributed by atoms with Crippen molar-refractivity contribution in [2.75, 3.05) is 0 Å². The predicted molar refractivity (Wildman–Crippen MR) is 136 cm³/mol. The number of nitrogens with zero attached hydrogens (tertiary/aromatic N) is 6. The Bertz CT molecular complexity index is 1570. The molecular weight excluding hydrogens is 464 g/mol. The van der Waals surface area contributed by atoms with Crippen LogP contribution in [0.2, 0.25) is 0 Å². The van der Waals surface area contributed by atoms with Crippen molar-refractivity contribution in [3.8, 4) is 10.3 Å². The zero-order chi connectivity index (χ0) is 23.6. The monoisotopic (exact) mass is 484 g/mol. The molecule has 0 aliphatic heterocycles. The molecule has 6 heterocycles. The highest BCUT2D eigenvalue weighted by Gasteiger charge is 2.17. The van der Waals surface area contributed by atoms with Crippen molar-refractivity contribution in [3.63, 3.8) is 0 Å². The first kappa shape index (κ1) is 20.9. The van der Waals surface area contributed by atoms with Crippen LogP contribution in [0.1, 0.15) is 38.7 Å². The van der Waals surface area contributed by atoms with Gasteiger partial charge >= 0.3 is 0 Å². The number of hydrogen-bond donors (Lipinski definition) is 0. The molecule has 0 fully saturated rings. The van der Waals surface area contributed by atoms with E-state index in [0.29, 0.717) is 22.4 Å². The normalized spacial score (nSPS) is 11.6. The molecular formula is C25H20N6OS2. The van der Waals surface area contributed by atoms with Gasteiger partial charge in [0.2, 0.25) is 0 Å². The molecule has 0 unspecified atom stereocenters. The van der Waals surface area contributed by atoms with Gasteiger partial charge in [0.1, 0.15) is 0 Å². The lowest BCUT2D eigenvalue weighted by molar-refractivity contribution is 0.103. The quantitative estimate of drug-likeness (QED) is 0.298. The number of thiazole rings is 2. The zero-order valence-corrected chi connectivity index (χ0v) is 20.7. The number of ketones is 1. The Labute approximate surface area is 203 Å². The van der Waals surface area contributed by atoms with E-state index in [1.807, 2.05) is 39.8 Å². The van der Waals surface area contributed by atoms with Crippen molar-refractivity contribution in [2.24, 2.45) is 0 Å². The van der Waals surface area contributed by atoms with Crippen LogP contribution < -0.4 is 0 Å². The van der Waals surface area contributed by atoms with Gasteiger partial charge in [-0.3, -0.25) is 13.9 Å². The molecule has 6 aromatic rings. The summed E-state index contributed by atoms with van der Waals surface area (Å²) in [5, 5.41) is 1.70. The fourth-order valence-electron chi connectivity index (χ4n) is 4.16. The summed E-state index contributed by atoms with van der Waals surface area (Å²) in [6, 6.07) is 12.0. The maximum Gasteiger partial charge on any atom is 0.196 e. The summed E-state index contributed by atoms with van der Waals surface area (Å²) < 4.78 is 5.95. The van der Waals surface area contributed by atoms with Gasteiger partial charge in [0, 0.05) is 46.3 Å². The topological polar surface area (TPSA) is 78.5 Å². The van der Waals surface area contributed by atoms with Crippen LogP contribution in [-0.2, 0) is 0 Å². The highest BCUT2D eigenvalue weighted by molar-refractivity contribution is 7.21. The molecule has 0 aromatic carbocycles. The van der Waals surface area contributed by atoms with Crippen molar-refractivity contribution in [2.45, 2.75) is 27.7 Å². The molecule has 168 valence electrons. The number of pyridine rings is 2. The van der Waals surface area contributed by atoms with Gasteiger partial charge in [-0.05, 0) is 64.1 Å². The number of aromatic nitrogens is 6. The third-order valence-corrected chi connectivity index (χ3v) is 7.87. The third-order valence-electron chi connectivity index (χ3n) is 5.92. The second-order valence-electron chi connectivity index (χ2n) is 8.32. The summed E-state index contributed by atoms with van der Waals surface area (Å²) in [6.45, 7) is 8.20. The first-order valence-electron chi connectivity index (χ1n) is 10.8. The SMILES string of the molecule is Cc1ccc(C)n1-c1nc2ncc(C(=O)c3cnc4nc(-n5c(C)ccc5C)sc4c3)cc2s1. The van der Waals surface area contributed by atoms with Gasteiger partial charge in [0.05, 0.1) is 9.40 Å². The van der Waals surface area contributed by atoms with Gasteiger partial charge in [-0.15, -0.1) is 0 Å². The Balaban J connectivity index is 1.36. The first-order chi connectivity index (χ1) is 16.4. The van der Waals surface area contributed by atoms with Crippen LogP contribution in [-0.4, -0.2) is 34.9 Å². The largest absolute Gasteiger partial charge is 0.295 e. The van der Waals surface area contributed by atoms with E-state index >= 15 is 0 Å². The van der Waals surface area contributed by atoms with Gasteiger partial charge in [-0.1, -0.05) is 22.7 Å². The van der Waals surface area contributed by atoms with Gasteiger partial charge < -0.3 is 0 Å². The van der Waals surface area contributed by atoms with Crippen LogP contribution in [0.3, 0.4) is 0 Å². The lowest BCUT2D eigenvalue weighted by Gasteiger charge is -2.03. The first-order valence-corrected chi connectivity index (χ1v) is 12.4. The van der Waals surface area contributed by atoms with Crippen molar-refractivity contribution in [1.82, 2.24) is 29.1 Å². The molecule has 0 radical (unpaired) electrons.